The lowest BCUT2D eigenvalue weighted by atomic mass is 9.73. The number of H-pyrrole nitrogens is 1. The average Bonchev–Trinajstić information content (AvgIpc) is 3.54. The summed E-state index contributed by atoms with van der Waals surface area (Å²) in [5, 5.41) is 18.5. The highest BCUT2D eigenvalue weighted by molar-refractivity contribution is 7.78. The van der Waals surface area contributed by atoms with Crippen molar-refractivity contribution in [3.63, 3.8) is 0 Å². The minimum absolute atomic E-state index is 0.0269. The highest BCUT2D eigenvalue weighted by atomic mass is 35.5. The standard InChI is InChI=1S/C33H44ClN7O5S/c1-20-14-15-21(2)24(18-20)46-47(44)35-17-16-25(42)36-22-12-10-11-13-23(22)45-19-26(43)37-33(8,9)32(6,7)30-39-38-29-27(34)28(31(3,4)5)40-41(29)30/h10-15,18,35,40H,16-17,19H2,1-9H3,(H,36,42)(H,37,43). The first-order valence-corrected chi connectivity index (χ1v) is 16.7. The minimum atomic E-state index is -1.82. The highest BCUT2D eigenvalue weighted by Gasteiger charge is 2.44. The van der Waals surface area contributed by atoms with Gasteiger partial charge in [0.25, 0.3) is 17.2 Å². The monoisotopic (exact) mass is 685 g/mol. The molecule has 0 spiro atoms. The number of amides is 2. The largest absolute Gasteiger partial charge is 0.482 e. The molecule has 4 rings (SSSR count). The van der Waals surface area contributed by atoms with Crippen LogP contribution < -0.4 is 24.3 Å². The fraction of sp³-hybridized carbons (Fsp3) is 0.455. The number of nitrogens with one attached hydrogen (secondary N) is 4. The number of aromatic amines is 1. The van der Waals surface area contributed by atoms with Crippen LogP contribution in [0.1, 0.15) is 77.5 Å². The molecule has 4 aromatic rings. The molecule has 0 aliphatic rings. The molecule has 0 fully saturated rings. The summed E-state index contributed by atoms with van der Waals surface area (Å²) in [5.74, 6) is 0.763. The Morgan fingerprint density at radius 3 is 2.38 bits per heavy atom. The molecule has 0 aliphatic heterocycles. The molecule has 2 aromatic heterocycles. The van der Waals surface area contributed by atoms with Gasteiger partial charge >= 0.3 is 0 Å². The SMILES string of the molecule is Cc1ccc(C)c(OS(=O)NCCC(=O)Nc2ccccc2OCC(=O)NC(C)(C)C(C)(C)c2nnc3c(Cl)c(C(C)(C)C)[nH]n23)c1. The average molecular weight is 686 g/mol. The second-order valence-corrected chi connectivity index (χ2v) is 14.9. The number of para-hydroxylation sites is 2. The van der Waals surface area contributed by atoms with E-state index in [-0.39, 0.29) is 36.8 Å². The first kappa shape index (κ1) is 35.9. The first-order valence-electron chi connectivity index (χ1n) is 15.3. The Morgan fingerprint density at radius 2 is 1.68 bits per heavy atom. The van der Waals surface area contributed by atoms with Gasteiger partial charge in [0.05, 0.1) is 11.4 Å². The number of aromatic nitrogens is 4. The number of anilines is 1. The van der Waals surface area contributed by atoms with Crippen molar-refractivity contribution in [2.45, 2.75) is 85.1 Å². The molecule has 2 heterocycles. The van der Waals surface area contributed by atoms with Crippen LogP contribution in [0.2, 0.25) is 5.02 Å². The third-order valence-electron chi connectivity index (χ3n) is 8.23. The summed E-state index contributed by atoms with van der Waals surface area (Å²) in [6, 6.07) is 12.5. The number of ether oxygens (including phenoxy) is 1. The van der Waals surface area contributed by atoms with Gasteiger partial charge in [-0.25, -0.2) is 9.24 Å². The van der Waals surface area contributed by atoms with E-state index >= 15 is 0 Å². The number of carbonyl (C=O) groups is 2. The summed E-state index contributed by atoms with van der Waals surface area (Å²) < 4.78 is 28.1. The number of halogens is 1. The number of carbonyl (C=O) groups excluding carboxylic acids is 2. The van der Waals surface area contributed by atoms with E-state index < -0.39 is 22.2 Å². The van der Waals surface area contributed by atoms with E-state index in [0.717, 1.165) is 16.8 Å². The van der Waals surface area contributed by atoms with Gasteiger partial charge in [0.15, 0.2) is 18.1 Å². The normalized spacial score (nSPS) is 13.0. The Hall–Kier alpha value is -3.94. The quantitative estimate of drug-likeness (QED) is 0.146. The number of rotatable bonds is 13. The topological polar surface area (TPSA) is 152 Å². The van der Waals surface area contributed by atoms with Crippen molar-refractivity contribution in [3.05, 3.63) is 70.1 Å². The van der Waals surface area contributed by atoms with Crippen LogP contribution in [0.3, 0.4) is 0 Å². The van der Waals surface area contributed by atoms with Crippen LogP contribution in [0, 0.1) is 13.8 Å². The molecule has 1 unspecified atom stereocenters. The van der Waals surface area contributed by atoms with E-state index in [4.69, 9.17) is 20.5 Å². The molecule has 0 saturated heterocycles. The summed E-state index contributed by atoms with van der Waals surface area (Å²) in [5.41, 5.74) is 1.89. The van der Waals surface area contributed by atoms with Crippen molar-refractivity contribution in [3.8, 4) is 11.5 Å². The lowest BCUT2D eigenvalue weighted by Gasteiger charge is -2.40. The fourth-order valence-corrected chi connectivity index (χ4v) is 5.85. The number of nitrogens with zero attached hydrogens (tertiary/aromatic N) is 3. The third kappa shape index (κ3) is 8.32. The molecule has 14 heteroatoms. The van der Waals surface area contributed by atoms with Gasteiger partial charge < -0.3 is 19.6 Å². The third-order valence-corrected chi connectivity index (χ3v) is 9.36. The van der Waals surface area contributed by atoms with E-state index in [1.165, 1.54) is 0 Å². The van der Waals surface area contributed by atoms with E-state index in [1.807, 2.05) is 53.7 Å². The Bertz CT molecular complexity index is 1790. The van der Waals surface area contributed by atoms with Crippen LogP contribution in [0.15, 0.2) is 42.5 Å². The van der Waals surface area contributed by atoms with Gasteiger partial charge in [-0.2, -0.15) is 4.21 Å². The zero-order chi connectivity index (χ0) is 34.7. The van der Waals surface area contributed by atoms with Gasteiger partial charge in [0, 0.05) is 29.3 Å². The fourth-order valence-electron chi connectivity index (χ4n) is 4.73. The molecule has 4 N–H and O–H groups in total. The molecule has 0 saturated carbocycles. The van der Waals surface area contributed by atoms with Gasteiger partial charge in [0.2, 0.25) is 5.91 Å². The van der Waals surface area contributed by atoms with Crippen LogP contribution in [0.4, 0.5) is 5.69 Å². The molecule has 2 aromatic carbocycles. The molecule has 1 atom stereocenters. The summed E-state index contributed by atoms with van der Waals surface area (Å²) in [6.45, 7) is 17.5. The van der Waals surface area contributed by atoms with Gasteiger partial charge in [-0.3, -0.25) is 14.7 Å². The van der Waals surface area contributed by atoms with Gasteiger partial charge in [-0.15, -0.1) is 10.2 Å². The molecule has 2 amide bonds. The number of fused-ring (bicyclic) bond motifs is 1. The Kier molecular flexibility index (Phi) is 10.7. The molecular formula is C33H44ClN7O5S. The van der Waals surface area contributed by atoms with Crippen LogP contribution >= 0.6 is 11.6 Å². The number of aryl methyl sites for hydroxylation is 2. The lowest BCUT2D eigenvalue weighted by molar-refractivity contribution is -0.125. The Balaban J connectivity index is 1.32. The smallest absolute Gasteiger partial charge is 0.288 e. The zero-order valence-corrected chi connectivity index (χ0v) is 29.9. The van der Waals surface area contributed by atoms with Crippen molar-refractivity contribution in [1.82, 2.24) is 29.9 Å². The maximum absolute atomic E-state index is 13.2. The van der Waals surface area contributed by atoms with E-state index in [1.54, 1.807) is 34.8 Å². The number of hydrogen-bond donors (Lipinski definition) is 4. The number of hydrogen-bond acceptors (Lipinski definition) is 7. The predicted octanol–water partition coefficient (Wildman–Crippen LogP) is 5.45. The first-order chi connectivity index (χ1) is 21.9. The van der Waals surface area contributed by atoms with Crippen molar-refractivity contribution in [2.75, 3.05) is 18.5 Å². The lowest BCUT2D eigenvalue weighted by Crippen LogP contribution is -2.57. The summed E-state index contributed by atoms with van der Waals surface area (Å²) in [6.07, 6.45) is 0.0269. The van der Waals surface area contributed by atoms with Crippen LogP contribution in [-0.2, 0) is 31.7 Å². The Labute approximate surface area is 283 Å². The molecule has 12 nitrogen and oxygen atoms in total. The molecule has 0 bridgehead atoms. The predicted molar refractivity (Wildman–Crippen MR) is 184 cm³/mol. The van der Waals surface area contributed by atoms with Crippen molar-refractivity contribution < 1.29 is 22.7 Å². The Morgan fingerprint density at radius 1 is 0.979 bits per heavy atom. The van der Waals surface area contributed by atoms with Crippen molar-refractivity contribution in [1.29, 1.82) is 0 Å². The van der Waals surface area contributed by atoms with E-state index in [9.17, 15) is 13.8 Å². The summed E-state index contributed by atoms with van der Waals surface area (Å²) >= 11 is 4.82. The zero-order valence-electron chi connectivity index (χ0n) is 28.3. The van der Waals surface area contributed by atoms with E-state index in [2.05, 4.69) is 51.4 Å². The second kappa shape index (κ2) is 14.0. The molecule has 254 valence electrons. The van der Waals surface area contributed by atoms with Gasteiger partial charge in [-0.05, 0) is 57.0 Å². The highest BCUT2D eigenvalue weighted by Crippen LogP contribution is 2.37. The van der Waals surface area contributed by atoms with Gasteiger partial charge in [-0.1, -0.05) is 70.5 Å². The van der Waals surface area contributed by atoms with Crippen molar-refractivity contribution in [2.24, 2.45) is 0 Å². The maximum Gasteiger partial charge on any atom is 0.288 e. The van der Waals surface area contributed by atoms with Crippen LogP contribution in [0.5, 0.6) is 11.5 Å². The summed E-state index contributed by atoms with van der Waals surface area (Å²) in [7, 11) is 0. The van der Waals surface area contributed by atoms with Gasteiger partial charge in [0.1, 0.15) is 16.5 Å². The van der Waals surface area contributed by atoms with E-state index in [0.29, 0.717) is 33.7 Å². The molecule has 0 aliphatic carbocycles. The number of benzene rings is 2. The molecule has 47 heavy (non-hydrogen) atoms. The van der Waals surface area contributed by atoms with Crippen LogP contribution in [0.25, 0.3) is 5.65 Å². The second-order valence-electron chi connectivity index (χ2n) is 13.6. The molecular weight excluding hydrogens is 642 g/mol. The minimum Gasteiger partial charge on any atom is -0.482 e. The maximum atomic E-state index is 13.2. The van der Waals surface area contributed by atoms with Crippen LogP contribution in [-0.4, -0.2) is 54.5 Å². The van der Waals surface area contributed by atoms with Crippen molar-refractivity contribution >= 4 is 46.0 Å². The summed E-state index contributed by atoms with van der Waals surface area (Å²) in [4.78, 5) is 25.8. The molecule has 0 radical (unpaired) electrons.